The first-order valence-corrected chi connectivity index (χ1v) is 6.54. The Morgan fingerprint density at radius 2 is 2.31 bits per heavy atom. The molecule has 5 nitrogen and oxygen atoms in total. The Balaban J connectivity index is 2.62. The smallest absolute Gasteiger partial charge is 0.240 e. The minimum absolute atomic E-state index is 0.162. The van der Waals surface area contributed by atoms with Gasteiger partial charge in [-0.3, -0.25) is 4.79 Å². The molecule has 0 aromatic heterocycles. The van der Waals surface area contributed by atoms with Gasteiger partial charge >= 0.3 is 0 Å². The molecule has 1 amide bonds. The molecule has 0 saturated carbocycles. The molecule has 1 N–H and O–H groups in total. The van der Waals surface area contributed by atoms with Crippen molar-refractivity contribution < 1.29 is 13.2 Å². The van der Waals surface area contributed by atoms with E-state index >= 15 is 0 Å². The van der Waals surface area contributed by atoms with Gasteiger partial charge in [-0.15, -0.1) is 0 Å². The van der Waals surface area contributed by atoms with Crippen LogP contribution in [0.25, 0.3) is 0 Å². The maximum atomic E-state index is 11.3. The van der Waals surface area contributed by atoms with Crippen LogP contribution < -0.4 is 4.72 Å². The molecule has 0 aromatic rings. The Bertz CT molecular complexity index is 303. The number of halogens is 1. The molecular formula is C6H11BrN2O3S. The van der Waals surface area contributed by atoms with Crippen molar-refractivity contribution in [2.75, 3.05) is 18.3 Å². The molecule has 1 aliphatic rings. The summed E-state index contributed by atoms with van der Waals surface area (Å²) in [5.74, 6) is -0.162. The fourth-order valence-electron chi connectivity index (χ4n) is 1.18. The number of nitrogens with zero attached hydrogens (tertiary/aromatic N) is 1. The lowest BCUT2D eigenvalue weighted by atomic mass is 10.3. The fourth-order valence-corrected chi connectivity index (χ4v) is 2.29. The van der Waals surface area contributed by atoms with E-state index < -0.39 is 16.1 Å². The molecule has 0 spiro atoms. The van der Waals surface area contributed by atoms with E-state index in [0.717, 1.165) is 0 Å². The van der Waals surface area contributed by atoms with Gasteiger partial charge in [0.1, 0.15) is 10.7 Å². The number of nitrogens with one attached hydrogen (secondary N) is 1. The predicted molar refractivity (Wildman–Crippen MR) is 51.9 cm³/mol. The highest BCUT2D eigenvalue weighted by molar-refractivity contribution is 9.10. The van der Waals surface area contributed by atoms with E-state index in [-0.39, 0.29) is 10.6 Å². The summed E-state index contributed by atoms with van der Waals surface area (Å²) in [6.07, 6.45) is 0.543. The molecular weight excluding hydrogens is 260 g/mol. The average Bonchev–Trinajstić information content (AvgIpc) is 2.36. The van der Waals surface area contributed by atoms with Crippen LogP contribution in [0.4, 0.5) is 0 Å². The SMILES string of the molecule is CN1CCC(NS(=O)(=O)CBr)C1=O. The topological polar surface area (TPSA) is 66.5 Å². The number of rotatable bonds is 3. The molecule has 0 radical (unpaired) electrons. The van der Waals surface area contributed by atoms with Crippen LogP contribution in [0.2, 0.25) is 0 Å². The standard InChI is InChI=1S/C6H11BrN2O3S/c1-9-3-2-5(6(9)10)8-13(11,12)4-7/h5,8H,2-4H2,1H3. The third-order valence-electron chi connectivity index (χ3n) is 1.89. The quantitative estimate of drug-likeness (QED) is 0.703. The Morgan fingerprint density at radius 3 is 2.69 bits per heavy atom. The van der Waals surface area contributed by atoms with E-state index in [9.17, 15) is 13.2 Å². The summed E-state index contributed by atoms with van der Waals surface area (Å²) in [6.45, 7) is 0.605. The number of carbonyl (C=O) groups is 1. The van der Waals surface area contributed by atoms with Crippen LogP contribution in [0, 0.1) is 0 Å². The number of likely N-dealkylation sites (tertiary alicyclic amines) is 1. The van der Waals surface area contributed by atoms with Crippen LogP contribution in [0.5, 0.6) is 0 Å². The van der Waals surface area contributed by atoms with Gasteiger partial charge in [-0.05, 0) is 6.42 Å². The van der Waals surface area contributed by atoms with Gasteiger partial charge in [-0.1, -0.05) is 15.9 Å². The van der Waals surface area contributed by atoms with E-state index in [1.807, 2.05) is 0 Å². The van der Waals surface area contributed by atoms with Crippen LogP contribution in [0.15, 0.2) is 0 Å². The van der Waals surface area contributed by atoms with E-state index in [4.69, 9.17) is 0 Å². The molecule has 1 saturated heterocycles. The summed E-state index contributed by atoms with van der Waals surface area (Å²) >= 11 is 2.84. The Kier molecular flexibility index (Phi) is 3.31. The highest BCUT2D eigenvalue weighted by atomic mass is 79.9. The van der Waals surface area contributed by atoms with Crippen LogP contribution in [-0.4, -0.2) is 43.5 Å². The summed E-state index contributed by atoms with van der Waals surface area (Å²) in [6, 6.07) is -0.576. The van der Waals surface area contributed by atoms with Crippen molar-refractivity contribution in [1.29, 1.82) is 0 Å². The highest BCUT2D eigenvalue weighted by Gasteiger charge is 2.31. The zero-order valence-electron chi connectivity index (χ0n) is 7.16. The predicted octanol–water partition coefficient (Wildman–Crippen LogP) is -0.511. The number of carbonyl (C=O) groups excluding carboxylic acids is 1. The third-order valence-corrected chi connectivity index (χ3v) is 4.63. The summed E-state index contributed by atoms with van der Waals surface area (Å²) in [5.41, 5.74) is 0. The Hall–Kier alpha value is -0.140. The minimum atomic E-state index is -3.34. The molecule has 76 valence electrons. The van der Waals surface area contributed by atoms with Crippen molar-refractivity contribution in [3.63, 3.8) is 0 Å². The number of hydrogen-bond donors (Lipinski definition) is 1. The normalized spacial score (nSPS) is 24.0. The van der Waals surface area contributed by atoms with Gasteiger partial charge in [0.05, 0.1) is 0 Å². The van der Waals surface area contributed by atoms with Gasteiger partial charge in [0.25, 0.3) is 0 Å². The summed E-state index contributed by atoms with van der Waals surface area (Å²) in [7, 11) is -1.68. The van der Waals surface area contributed by atoms with E-state index in [1.54, 1.807) is 7.05 Å². The van der Waals surface area contributed by atoms with Crippen molar-refractivity contribution >= 4 is 31.9 Å². The van der Waals surface area contributed by atoms with Gasteiger partial charge in [0.15, 0.2) is 0 Å². The zero-order valence-corrected chi connectivity index (χ0v) is 9.56. The maximum absolute atomic E-state index is 11.3. The van der Waals surface area contributed by atoms with Crippen LogP contribution in [0.3, 0.4) is 0 Å². The van der Waals surface area contributed by atoms with Crippen molar-refractivity contribution in [1.82, 2.24) is 9.62 Å². The number of sulfonamides is 1. The van der Waals surface area contributed by atoms with Crippen LogP contribution in [0.1, 0.15) is 6.42 Å². The van der Waals surface area contributed by atoms with E-state index in [1.165, 1.54) is 4.90 Å². The monoisotopic (exact) mass is 270 g/mol. The molecule has 1 heterocycles. The average molecular weight is 271 g/mol. The molecule has 1 fully saturated rings. The van der Waals surface area contributed by atoms with Crippen molar-refractivity contribution in [2.45, 2.75) is 12.5 Å². The number of likely N-dealkylation sites (N-methyl/N-ethyl adjacent to an activating group) is 1. The summed E-state index contributed by atoms with van der Waals surface area (Å²) < 4.78 is 24.3. The lowest BCUT2D eigenvalue weighted by Gasteiger charge is -2.10. The number of alkyl halides is 1. The fraction of sp³-hybridized carbons (Fsp3) is 0.833. The molecule has 0 aliphatic carbocycles. The first-order valence-electron chi connectivity index (χ1n) is 3.77. The first-order chi connectivity index (χ1) is 5.96. The second-order valence-electron chi connectivity index (χ2n) is 2.94. The molecule has 1 unspecified atom stereocenters. The van der Waals surface area contributed by atoms with E-state index in [0.29, 0.717) is 13.0 Å². The van der Waals surface area contributed by atoms with Gasteiger partial charge in [0.2, 0.25) is 15.9 Å². The Labute approximate surface area is 85.7 Å². The number of amides is 1. The Morgan fingerprint density at radius 1 is 1.69 bits per heavy atom. The molecule has 0 aromatic carbocycles. The molecule has 7 heteroatoms. The van der Waals surface area contributed by atoms with Gasteiger partial charge in [-0.25, -0.2) is 13.1 Å². The lowest BCUT2D eigenvalue weighted by Crippen LogP contribution is -2.40. The van der Waals surface area contributed by atoms with E-state index in [2.05, 4.69) is 20.7 Å². The first kappa shape index (κ1) is 10.9. The summed E-state index contributed by atoms with van der Waals surface area (Å²) in [4.78, 5) is 12.8. The van der Waals surface area contributed by atoms with Crippen molar-refractivity contribution in [3.05, 3.63) is 0 Å². The molecule has 1 atom stereocenters. The van der Waals surface area contributed by atoms with Crippen molar-refractivity contribution in [2.24, 2.45) is 0 Å². The lowest BCUT2D eigenvalue weighted by molar-refractivity contribution is -0.127. The summed E-state index contributed by atoms with van der Waals surface area (Å²) in [5, 5.41) is 0. The zero-order chi connectivity index (χ0) is 10.1. The van der Waals surface area contributed by atoms with Gasteiger partial charge in [0, 0.05) is 13.6 Å². The second kappa shape index (κ2) is 3.93. The highest BCUT2D eigenvalue weighted by Crippen LogP contribution is 2.09. The third kappa shape index (κ3) is 2.65. The maximum Gasteiger partial charge on any atom is 0.240 e. The molecule has 1 rings (SSSR count). The second-order valence-corrected chi connectivity index (χ2v) is 6.00. The van der Waals surface area contributed by atoms with Crippen molar-refractivity contribution in [3.8, 4) is 0 Å². The van der Waals surface area contributed by atoms with Crippen LogP contribution >= 0.6 is 15.9 Å². The van der Waals surface area contributed by atoms with Crippen LogP contribution in [-0.2, 0) is 14.8 Å². The van der Waals surface area contributed by atoms with Gasteiger partial charge in [-0.2, -0.15) is 0 Å². The molecule has 13 heavy (non-hydrogen) atoms. The largest absolute Gasteiger partial charge is 0.344 e. The molecule has 0 bridgehead atoms. The van der Waals surface area contributed by atoms with Gasteiger partial charge < -0.3 is 4.90 Å². The number of hydrogen-bond acceptors (Lipinski definition) is 3. The molecule has 1 aliphatic heterocycles. The minimum Gasteiger partial charge on any atom is -0.344 e.